The summed E-state index contributed by atoms with van der Waals surface area (Å²) in [5, 5.41) is 5.68. The van der Waals surface area contributed by atoms with Gasteiger partial charge < -0.3 is 10.6 Å². The van der Waals surface area contributed by atoms with Crippen LogP contribution in [-0.2, 0) is 6.42 Å². The van der Waals surface area contributed by atoms with Crippen LogP contribution in [0.2, 0.25) is 0 Å². The van der Waals surface area contributed by atoms with E-state index in [9.17, 15) is 13.2 Å². The summed E-state index contributed by atoms with van der Waals surface area (Å²) in [6.45, 7) is 4.56. The van der Waals surface area contributed by atoms with Crippen LogP contribution in [0.15, 0.2) is 6.33 Å². The summed E-state index contributed by atoms with van der Waals surface area (Å²) in [4.78, 5) is 8.13. The van der Waals surface area contributed by atoms with Crippen molar-refractivity contribution < 1.29 is 13.2 Å². The molecule has 1 aliphatic carbocycles. The van der Waals surface area contributed by atoms with Gasteiger partial charge in [0.2, 0.25) is 0 Å². The molecule has 1 saturated carbocycles. The predicted octanol–water partition coefficient (Wildman–Crippen LogP) is 3.37. The van der Waals surface area contributed by atoms with Crippen molar-refractivity contribution >= 4 is 11.6 Å². The highest BCUT2D eigenvalue weighted by Gasteiger charge is 2.63. The molecule has 1 heterocycles. The lowest BCUT2D eigenvalue weighted by atomic mass is 10.1. The summed E-state index contributed by atoms with van der Waals surface area (Å²) in [5.41, 5.74) is -1.07. The van der Waals surface area contributed by atoms with Crippen molar-refractivity contribution in [2.24, 2.45) is 0 Å². The molecule has 0 atom stereocenters. The third kappa shape index (κ3) is 2.81. The maximum Gasteiger partial charge on any atom is 0.411 e. The third-order valence-corrected chi connectivity index (χ3v) is 3.44. The minimum absolute atomic E-state index is 0.0998. The zero-order valence-electron chi connectivity index (χ0n) is 11.6. The van der Waals surface area contributed by atoms with Crippen LogP contribution in [0, 0.1) is 0 Å². The van der Waals surface area contributed by atoms with E-state index in [1.54, 1.807) is 0 Å². The standard InChI is InChI=1S/C13H19F3N4/c1-3-5-9-10(17-4-2)18-8-19-11(9)20-12(6-7-12)13(14,15)16/h8H,3-7H2,1-2H3,(H2,17,18,19,20). The highest BCUT2D eigenvalue weighted by Crippen LogP contribution is 2.51. The molecule has 2 rings (SSSR count). The number of hydrogen-bond donors (Lipinski definition) is 2. The Kier molecular flexibility index (Phi) is 4.06. The molecule has 112 valence electrons. The number of aromatic nitrogens is 2. The third-order valence-electron chi connectivity index (χ3n) is 3.44. The fraction of sp³-hybridized carbons (Fsp3) is 0.692. The molecule has 0 saturated heterocycles. The molecule has 2 N–H and O–H groups in total. The first kappa shape index (κ1) is 14.9. The summed E-state index contributed by atoms with van der Waals surface area (Å²) < 4.78 is 39.1. The van der Waals surface area contributed by atoms with E-state index in [-0.39, 0.29) is 12.8 Å². The van der Waals surface area contributed by atoms with Gasteiger partial charge in [0.15, 0.2) is 0 Å². The first-order valence-electron chi connectivity index (χ1n) is 6.86. The average Bonchev–Trinajstić information content (AvgIpc) is 3.14. The van der Waals surface area contributed by atoms with Crippen molar-refractivity contribution in [2.75, 3.05) is 17.2 Å². The van der Waals surface area contributed by atoms with Gasteiger partial charge in [0, 0.05) is 12.1 Å². The Morgan fingerprint density at radius 1 is 1.20 bits per heavy atom. The Morgan fingerprint density at radius 2 is 1.85 bits per heavy atom. The molecular weight excluding hydrogens is 269 g/mol. The van der Waals surface area contributed by atoms with Gasteiger partial charge in [-0.15, -0.1) is 0 Å². The maximum atomic E-state index is 13.0. The smallest absolute Gasteiger partial charge is 0.370 e. The molecule has 20 heavy (non-hydrogen) atoms. The van der Waals surface area contributed by atoms with E-state index in [1.165, 1.54) is 6.33 Å². The van der Waals surface area contributed by atoms with Crippen LogP contribution in [0.25, 0.3) is 0 Å². The second-order valence-electron chi connectivity index (χ2n) is 5.03. The molecule has 0 unspecified atom stereocenters. The number of nitrogens with zero attached hydrogens (tertiary/aromatic N) is 2. The molecule has 4 nitrogen and oxygen atoms in total. The van der Waals surface area contributed by atoms with Gasteiger partial charge in [-0.25, -0.2) is 9.97 Å². The van der Waals surface area contributed by atoms with Gasteiger partial charge in [-0.3, -0.25) is 0 Å². The van der Waals surface area contributed by atoms with E-state index >= 15 is 0 Å². The van der Waals surface area contributed by atoms with Gasteiger partial charge in [-0.05, 0) is 26.2 Å². The Labute approximate surface area is 116 Å². The molecule has 0 radical (unpaired) electrons. The summed E-state index contributed by atoms with van der Waals surface area (Å²) in [7, 11) is 0. The summed E-state index contributed by atoms with van der Waals surface area (Å²) in [6, 6.07) is 0. The van der Waals surface area contributed by atoms with E-state index < -0.39 is 11.7 Å². The summed E-state index contributed by atoms with van der Waals surface area (Å²) in [5.74, 6) is 0.914. The zero-order chi connectivity index (χ0) is 14.8. The Bertz CT molecular complexity index is 469. The molecule has 0 aliphatic heterocycles. The van der Waals surface area contributed by atoms with E-state index in [0.717, 1.165) is 12.0 Å². The maximum absolute atomic E-state index is 13.0. The normalized spacial score (nSPS) is 16.9. The number of nitrogens with one attached hydrogen (secondary N) is 2. The second kappa shape index (κ2) is 5.46. The highest BCUT2D eigenvalue weighted by atomic mass is 19.4. The van der Waals surface area contributed by atoms with Crippen LogP contribution in [0.5, 0.6) is 0 Å². The second-order valence-corrected chi connectivity index (χ2v) is 5.03. The van der Waals surface area contributed by atoms with Crippen LogP contribution in [0.4, 0.5) is 24.8 Å². The molecule has 0 spiro atoms. The molecule has 1 fully saturated rings. The van der Waals surface area contributed by atoms with Crippen molar-refractivity contribution in [3.63, 3.8) is 0 Å². The fourth-order valence-corrected chi connectivity index (χ4v) is 2.16. The first-order valence-corrected chi connectivity index (χ1v) is 6.86. The van der Waals surface area contributed by atoms with Crippen LogP contribution in [0.3, 0.4) is 0 Å². The van der Waals surface area contributed by atoms with Crippen molar-refractivity contribution in [3.8, 4) is 0 Å². The Morgan fingerprint density at radius 3 is 2.35 bits per heavy atom. The quantitative estimate of drug-likeness (QED) is 0.842. The lowest BCUT2D eigenvalue weighted by Crippen LogP contribution is -2.39. The van der Waals surface area contributed by atoms with Crippen molar-refractivity contribution in [2.45, 2.75) is 51.2 Å². The van der Waals surface area contributed by atoms with Gasteiger partial charge >= 0.3 is 6.18 Å². The molecule has 7 heteroatoms. The molecular formula is C13H19F3N4. The fourth-order valence-electron chi connectivity index (χ4n) is 2.16. The SMILES string of the molecule is CCCc1c(NCC)ncnc1NC1(C(F)(F)F)CC1. The number of rotatable bonds is 6. The lowest BCUT2D eigenvalue weighted by Gasteiger charge is -2.23. The van der Waals surface area contributed by atoms with Gasteiger partial charge in [0.1, 0.15) is 23.5 Å². The largest absolute Gasteiger partial charge is 0.411 e. The molecule has 0 amide bonds. The van der Waals surface area contributed by atoms with Crippen LogP contribution in [0.1, 0.15) is 38.7 Å². The van der Waals surface area contributed by atoms with Crippen molar-refractivity contribution in [3.05, 3.63) is 11.9 Å². The monoisotopic (exact) mass is 288 g/mol. The Balaban J connectivity index is 2.29. The number of halogens is 3. The molecule has 0 bridgehead atoms. The van der Waals surface area contributed by atoms with Crippen LogP contribution in [-0.4, -0.2) is 28.2 Å². The minimum Gasteiger partial charge on any atom is -0.370 e. The van der Waals surface area contributed by atoms with Gasteiger partial charge in [-0.1, -0.05) is 13.3 Å². The average molecular weight is 288 g/mol. The minimum atomic E-state index is -4.25. The molecule has 1 aromatic rings. The van der Waals surface area contributed by atoms with Crippen LogP contribution >= 0.6 is 0 Å². The summed E-state index contributed by atoms with van der Waals surface area (Å²) >= 11 is 0. The lowest BCUT2D eigenvalue weighted by molar-refractivity contribution is -0.151. The van der Waals surface area contributed by atoms with Gasteiger partial charge in [0.05, 0.1) is 0 Å². The van der Waals surface area contributed by atoms with E-state index in [1.807, 2.05) is 13.8 Å². The number of alkyl halides is 3. The van der Waals surface area contributed by atoms with E-state index in [4.69, 9.17) is 0 Å². The van der Waals surface area contributed by atoms with E-state index in [0.29, 0.717) is 24.6 Å². The molecule has 1 aliphatic rings. The molecule has 0 aromatic carbocycles. The summed E-state index contributed by atoms with van der Waals surface area (Å²) in [6.07, 6.45) is -1.30. The van der Waals surface area contributed by atoms with Gasteiger partial charge in [-0.2, -0.15) is 13.2 Å². The molecule has 1 aromatic heterocycles. The Hall–Kier alpha value is -1.53. The first-order chi connectivity index (χ1) is 9.43. The van der Waals surface area contributed by atoms with Crippen LogP contribution < -0.4 is 10.6 Å². The number of anilines is 2. The highest BCUT2D eigenvalue weighted by molar-refractivity contribution is 5.59. The predicted molar refractivity (Wildman–Crippen MR) is 71.8 cm³/mol. The zero-order valence-corrected chi connectivity index (χ0v) is 11.6. The number of hydrogen-bond acceptors (Lipinski definition) is 4. The van der Waals surface area contributed by atoms with Crippen molar-refractivity contribution in [1.29, 1.82) is 0 Å². The van der Waals surface area contributed by atoms with Crippen molar-refractivity contribution in [1.82, 2.24) is 9.97 Å². The topological polar surface area (TPSA) is 49.8 Å². The van der Waals surface area contributed by atoms with E-state index in [2.05, 4.69) is 20.6 Å². The van der Waals surface area contributed by atoms with Gasteiger partial charge in [0.25, 0.3) is 0 Å².